The third-order valence-corrected chi connectivity index (χ3v) is 7.62. The first kappa shape index (κ1) is 25.2. The van der Waals surface area contributed by atoms with Gasteiger partial charge in [0.25, 0.3) is 0 Å². The number of phenols is 2. The van der Waals surface area contributed by atoms with Crippen molar-refractivity contribution in [3.63, 3.8) is 0 Å². The lowest BCUT2D eigenvalue weighted by atomic mass is 9.58. The van der Waals surface area contributed by atoms with Crippen molar-refractivity contribution in [2.45, 2.75) is 72.0 Å². The number of aliphatic hydroxyl groups excluding tert-OH is 1. The maximum atomic E-state index is 10.8. The maximum absolute atomic E-state index is 10.8. The fraction of sp³-hybridized carbons (Fsp3) is 0.467. The van der Waals surface area contributed by atoms with Gasteiger partial charge in [0.1, 0.15) is 17.1 Å². The molecular formula is C30H38O5. The lowest BCUT2D eigenvalue weighted by Crippen LogP contribution is -2.57. The molecule has 0 bridgehead atoms. The molecule has 3 N–H and O–H groups in total. The Hall–Kier alpha value is -2.92. The van der Waals surface area contributed by atoms with E-state index in [4.69, 9.17) is 9.47 Å². The molecule has 4 rings (SSSR count). The average Bonchev–Trinajstić information content (AvgIpc) is 2.75. The molecule has 1 fully saturated rings. The number of hydrogen-bond donors (Lipinski definition) is 3. The third-order valence-electron chi connectivity index (χ3n) is 7.62. The van der Waals surface area contributed by atoms with Crippen LogP contribution in [-0.2, 0) is 12.8 Å². The Labute approximate surface area is 208 Å². The van der Waals surface area contributed by atoms with Gasteiger partial charge in [0.15, 0.2) is 11.5 Å². The van der Waals surface area contributed by atoms with Crippen LogP contribution < -0.4 is 9.47 Å². The predicted molar refractivity (Wildman–Crippen MR) is 140 cm³/mol. The fourth-order valence-corrected chi connectivity index (χ4v) is 6.01. The summed E-state index contributed by atoms with van der Waals surface area (Å²) < 4.78 is 11.9. The van der Waals surface area contributed by atoms with Crippen molar-refractivity contribution in [2.75, 3.05) is 7.11 Å². The van der Waals surface area contributed by atoms with E-state index in [-0.39, 0.29) is 22.8 Å². The molecule has 188 valence electrons. The van der Waals surface area contributed by atoms with Gasteiger partial charge in [-0.25, -0.2) is 0 Å². The van der Waals surface area contributed by atoms with Gasteiger partial charge >= 0.3 is 0 Å². The van der Waals surface area contributed by atoms with E-state index in [1.807, 2.05) is 32.1 Å². The number of benzene rings is 2. The quantitative estimate of drug-likeness (QED) is 0.348. The molecule has 0 saturated heterocycles. The summed E-state index contributed by atoms with van der Waals surface area (Å²) in [6.07, 6.45) is 8.19. The zero-order valence-electron chi connectivity index (χ0n) is 21.7. The highest BCUT2D eigenvalue weighted by molar-refractivity contribution is 5.73. The van der Waals surface area contributed by atoms with Gasteiger partial charge in [-0.3, -0.25) is 0 Å². The van der Waals surface area contributed by atoms with Crippen LogP contribution in [-0.4, -0.2) is 34.1 Å². The van der Waals surface area contributed by atoms with Gasteiger partial charge in [-0.1, -0.05) is 37.6 Å². The van der Waals surface area contributed by atoms with Gasteiger partial charge in [-0.05, 0) is 86.4 Å². The number of hydrogen-bond acceptors (Lipinski definition) is 5. The Bertz CT molecular complexity index is 1170. The molecule has 2 aromatic carbocycles. The summed E-state index contributed by atoms with van der Waals surface area (Å²) in [4.78, 5) is 0. The molecule has 1 saturated carbocycles. The monoisotopic (exact) mass is 478 g/mol. The van der Waals surface area contributed by atoms with Crippen molar-refractivity contribution >= 4 is 12.2 Å². The number of allylic oxidation sites excluding steroid dienone is 2. The third kappa shape index (κ3) is 5.06. The Kier molecular flexibility index (Phi) is 6.67. The van der Waals surface area contributed by atoms with Gasteiger partial charge in [0, 0.05) is 17.9 Å². The molecule has 1 aliphatic carbocycles. The molecule has 3 atom stereocenters. The van der Waals surface area contributed by atoms with Crippen LogP contribution in [0.1, 0.15) is 69.7 Å². The maximum Gasteiger partial charge on any atom is 0.164 e. The fourth-order valence-electron chi connectivity index (χ4n) is 6.01. The Morgan fingerprint density at radius 3 is 2.34 bits per heavy atom. The summed E-state index contributed by atoms with van der Waals surface area (Å²) in [5, 5.41) is 31.9. The second-order valence-corrected chi connectivity index (χ2v) is 11.3. The van der Waals surface area contributed by atoms with Crippen LogP contribution in [0.25, 0.3) is 12.2 Å². The minimum atomic E-state index is -0.510. The van der Waals surface area contributed by atoms with Crippen LogP contribution >= 0.6 is 0 Å². The number of methoxy groups -OCH3 is 1. The molecule has 2 aromatic rings. The second kappa shape index (κ2) is 9.27. The van der Waals surface area contributed by atoms with Gasteiger partial charge < -0.3 is 24.8 Å². The van der Waals surface area contributed by atoms with Crippen LogP contribution in [0.3, 0.4) is 0 Å². The van der Waals surface area contributed by atoms with E-state index in [2.05, 4.69) is 32.9 Å². The number of ether oxygens (including phenoxy) is 2. The lowest BCUT2D eigenvalue weighted by Gasteiger charge is -2.54. The largest absolute Gasteiger partial charge is 0.507 e. The van der Waals surface area contributed by atoms with Crippen LogP contribution in [0.15, 0.2) is 35.9 Å². The molecule has 1 aliphatic heterocycles. The molecule has 0 aromatic heterocycles. The van der Waals surface area contributed by atoms with Crippen LogP contribution in [0.2, 0.25) is 0 Å². The van der Waals surface area contributed by atoms with Crippen LogP contribution in [0, 0.1) is 11.3 Å². The molecule has 35 heavy (non-hydrogen) atoms. The SMILES string of the molecule is COc1cc(/C=C/c2cc(O)c3c(c2)C[C@@H]2C(C)(C)C[C@H](O)C[C@@]2(C)O3)cc(O)c1CC=C(C)C. The minimum absolute atomic E-state index is 0.0765. The van der Waals surface area contributed by atoms with Crippen molar-refractivity contribution in [3.8, 4) is 23.0 Å². The zero-order valence-corrected chi connectivity index (χ0v) is 21.7. The van der Waals surface area contributed by atoms with Crippen LogP contribution in [0.4, 0.5) is 0 Å². The van der Waals surface area contributed by atoms with Gasteiger partial charge in [-0.2, -0.15) is 0 Å². The number of aromatic hydroxyl groups is 2. The zero-order chi connectivity index (χ0) is 25.5. The van der Waals surface area contributed by atoms with Gasteiger partial charge in [0.05, 0.1) is 13.2 Å². The lowest BCUT2D eigenvalue weighted by molar-refractivity contribution is -0.124. The van der Waals surface area contributed by atoms with E-state index in [1.54, 1.807) is 19.2 Å². The number of aliphatic hydroxyl groups is 1. The molecule has 0 unspecified atom stereocenters. The number of fused-ring (bicyclic) bond motifs is 2. The molecule has 0 amide bonds. The summed E-state index contributed by atoms with van der Waals surface area (Å²) in [5.74, 6) is 1.71. The van der Waals surface area contributed by atoms with E-state index in [9.17, 15) is 15.3 Å². The Morgan fingerprint density at radius 1 is 1.03 bits per heavy atom. The molecule has 0 radical (unpaired) electrons. The normalized spacial score (nSPS) is 24.9. The highest BCUT2D eigenvalue weighted by Gasteiger charge is 2.53. The summed E-state index contributed by atoms with van der Waals surface area (Å²) >= 11 is 0. The van der Waals surface area contributed by atoms with Gasteiger partial charge in [-0.15, -0.1) is 0 Å². The molecule has 2 aliphatic rings. The first-order valence-corrected chi connectivity index (χ1v) is 12.4. The highest BCUT2D eigenvalue weighted by Crippen LogP contribution is 2.54. The van der Waals surface area contributed by atoms with E-state index < -0.39 is 11.7 Å². The smallest absolute Gasteiger partial charge is 0.164 e. The van der Waals surface area contributed by atoms with E-state index in [0.717, 1.165) is 35.1 Å². The number of rotatable bonds is 5. The van der Waals surface area contributed by atoms with Crippen molar-refractivity contribution < 1.29 is 24.8 Å². The molecule has 5 nitrogen and oxygen atoms in total. The van der Waals surface area contributed by atoms with E-state index in [0.29, 0.717) is 24.3 Å². The van der Waals surface area contributed by atoms with Crippen molar-refractivity contribution in [1.82, 2.24) is 0 Å². The average molecular weight is 479 g/mol. The standard InChI is InChI=1S/C30H38O5/c1-18(2)7-10-23-24(32)12-20(14-26(23)34-6)9-8-19-11-21-15-27-29(3,4)16-22(31)17-30(27,5)35-28(21)25(33)13-19/h7-9,11-14,22,27,31-33H,10,15-17H2,1-6H3/b9-8+/t22-,27+,30+/m0/s1. The summed E-state index contributed by atoms with van der Waals surface area (Å²) in [6.45, 7) is 10.5. The van der Waals surface area contributed by atoms with Crippen molar-refractivity contribution in [2.24, 2.45) is 11.3 Å². The minimum Gasteiger partial charge on any atom is -0.507 e. The predicted octanol–water partition coefficient (Wildman–Crippen LogP) is 6.28. The molecule has 5 heteroatoms. The highest BCUT2D eigenvalue weighted by atomic mass is 16.5. The van der Waals surface area contributed by atoms with E-state index in [1.165, 1.54) is 5.57 Å². The van der Waals surface area contributed by atoms with Crippen LogP contribution in [0.5, 0.6) is 23.0 Å². The van der Waals surface area contributed by atoms with Crippen molar-refractivity contribution in [1.29, 1.82) is 0 Å². The van der Waals surface area contributed by atoms with E-state index >= 15 is 0 Å². The first-order valence-electron chi connectivity index (χ1n) is 12.4. The first-order chi connectivity index (χ1) is 16.4. The molecule has 1 heterocycles. The Morgan fingerprint density at radius 2 is 1.69 bits per heavy atom. The summed E-state index contributed by atoms with van der Waals surface area (Å²) in [5.41, 5.74) is 4.00. The second-order valence-electron chi connectivity index (χ2n) is 11.3. The van der Waals surface area contributed by atoms with Gasteiger partial charge in [0.2, 0.25) is 0 Å². The summed E-state index contributed by atoms with van der Waals surface area (Å²) in [6, 6.07) is 7.40. The Balaban J connectivity index is 1.63. The topological polar surface area (TPSA) is 79.2 Å². The molecular weight excluding hydrogens is 440 g/mol. The van der Waals surface area contributed by atoms with Crippen molar-refractivity contribution in [3.05, 3.63) is 58.2 Å². The molecule has 0 spiro atoms. The number of phenolic OH excluding ortho intramolecular Hbond substituents is 2. The summed E-state index contributed by atoms with van der Waals surface area (Å²) in [7, 11) is 1.61.